The summed E-state index contributed by atoms with van der Waals surface area (Å²) in [4.78, 5) is 16.5. The van der Waals surface area contributed by atoms with Crippen LogP contribution in [0.4, 0.5) is 0 Å². The van der Waals surface area contributed by atoms with E-state index >= 15 is 0 Å². The molecule has 2 aromatic carbocycles. The molecule has 0 radical (unpaired) electrons. The maximum absolute atomic E-state index is 13.2. The summed E-state index contributed by atoms with van der Waals surface area (Å²) in [6, 6.07) is 17.4. The summed E-state index contributed by atoms with van der Waals surface area (Å²) < 4.78 is 37.5. The van der Waals surface area contributed by atoms with Crippen LogP contribution in [0.3, 0.4) is 0 Å². The van der Waals surface area contributed by atoms with Gasteiger partial charge in [0.1, 0.15) is 17.1 Å². The highest BCUT2D eigenvalue weighted by Crippen LogP contribution is 2.37. The predicted octanol–water partition coefficient (Wildman–Crippen LogP) is 5.26. The van der Waals surface area contributed by atoms with Gasteiger partial charge in [0.2, 0.25) is 0 Å². The van der Waals surface area contributed by atoms with E-state index in [1.54, 1.807) is 31.6 Å². The molecular weight excluding hydrogens is 450 g/mol. The second-order valence-electron chi connectivity index (χ2n) is 8.19. The minimum Gasteiger partial charge on any atom is -0.497 e. The molecule has 0 aliphatic carbocycles. The Kier molecular flexibility index (Phi) is 8.58. The molecule has 3 aromatic rings. The van der Waals surface area contributed by atoms with Gasteiger partial charge in [0, 0.05) is 25.2 Å². The smallest absolute Gasteiger partial charge is 0.297 e. The van der Waals surface area contributed by atoms with Crippen molar-refractivity contribution in [2.45, 2.75) is 56.4 Å². The number of carbonyl (C=O) groups excluding carboxylic acids is 1. The van der Waals surface area contributed by atoms with Gasteiger partial charge in [-0.2, -0.15) is 8.42 Å². The summed E-state index contributed by atoms with van der Waals surface area (Å²) >= 11 is 0. The van der Waals surface area contributed by atoms with Gasteiger partial charge in [-0.1, -0.05) is 44.2 Å². The molecule has 1 aromatic heterocycles. The summed E-state index contributed by atoms with van der Waals surface area (Å²) in [5, 5.41) is 0. The maximum atomic E-state index is 13.2. The fourth-order valence-electron chi connectivity index (χ4n) is 3.91. The molecule has 0 atom stereocenters. The Morgan fingerprint density at radius 1 is 0.971 bits per heavy atom. The summed E-state index contributed by atoms with van der Waals surface area (Å²) in [6.45, 7) is 3.80. The molecule has 0 fully saturated rings. The van der Waals surface area contributed by atoms with Crippen molar-refractivity contribution in [3.63, 3.8) is 0 Å². The van der Waals surface area contributed by atoms with Gasteiger partial charge < -0.3 is 4.74 Å². The van der Waals surface area contributed by atoms with E-state index in [0.29, 0.717) is 31.4 Å². The number of aromatic nitrogens is 1. The number of aryl methyl sites for hydroxylation is 1. The molecule has 0 saturated heterocycles. The van der Waals surface area contributed by atoms with Gasteiger partial charge >= 0.3 is 0 Å². The van der Waals surface area contributed by atoms with Gasteiger partial charge in [-0.15, -0.1) is 0 Å². The number of hydrogen-bond acceptors (Lipinski definition) is 6. The Hall–Kier alpha value is -3.03. The van der Waals surface area contributed by atoms with E-state index in [4.69, 9.17) is 8.92 Å². The van der Waals surface area contributed by atoms with Crippen molar-refractivity contribution in [3.05, 3.63) is 89.7 Å². The lowest BCUT2D eigenvalue weighted by Crippen LogP contribution is -2.31. The normalized spacial score (nSPS) is 11.9. The lowest BCUT2D eigenvalue weighted by Gasteiger charge is -2.31. The average molecular weight is 482 g/mol. The zero-order valence-electron chi connectivity index (χ0n) is 19.9. The van der Waals surface area contributed by atoms with Crippen LogP contribution in [0.1, 0.15) is 49.8 Å². The maximum Gasteiger partial charge on any atom is 0.297 e. The molecule has 0 aliphatic rings. The molecule has 0 unspecified atom stereocenters. The molecule has 0 saturated carbocycles. The van der Waals surface area contributed by atoms with Crippen LogP contribution in [0.15, 0.2) is 78.0 Å². The Morgan fingerprint density at radius 2 is 1.71 bits per heavy atom. The fourth-order valence-corrected chi connectivity index (χ4v) is 5.23. The molecular formula is C27H31NO5S. The van der Waals surface area contributed by atoms with E-state index < -0.39 is 15.7 Å². The molecule has 0 N–H and O–H groups in total. The third-order valence-electron chi connectivity index (χ3n) is 6.04. The van der Waals surface area contributed by atoms with Gasteiger partial charge in [-0.3, -0.25) is 14.0 Å². The van der Waals surface area contributed by atoms with E-state index in [0.717, 1.165) is 16.7 Å². The van der Waals surface area contributed by atoms with E-state index in [1.807, 2.05) is 50.2 Å². The lowest BCUT2D eigenvalue weighted by atomic mass is 9.88. The molecule has 3 rings (SSSR count). The quantitative estimate of drug-likeness (QED) is 0.328. The van der Waals surface area contributed by atoms with Crippen LogP contribution in [0.5, 0.6) is 5.75 Å². The van der Waals surface area contributed by atoms with Crippen LogP contribution in [0, 0.1) is 0 Å². The number of methoxy groups -OCH3 is 1. The van der Waals surface area contributed by atoms with E-state index in [9.17, 15) is 13.2 Å². The number of hydrogen-bond donors (Lipinski definition) is 0. The zero-order valence-corrected chi connectivity index (χ0v) is 20.7. The SMILES string of the molecule is CCC(CC)(OS(=O)(=O)c1ccc(CC(=O)CCc2cccnc2)cc1)c1cccc(OC)c1. The number of benzene rings is 2. The summed E-state index contributed by atoms with van der Waals surface area (Å²) in [6.07, 6.45) is 5.69. The number of Topliss-reactive ketones (excluding diaryl/α,β-unsaturated/α-hetero) is 1. The third-order valence-corrected chi connectivity index (χ3v) is 7.42. The molecule has 0 amide bonds. The Morgan fingerprint density at radius 3 is 2.32 bits per heavy atom. The van der Waals surface area contributed by atoms with Gasteiger partial charge in [0.05, 0.1) is 12.0 Å². The number of ketones is 1. The highest BCUT2D eigenvalue weighted by atomic mass is 32.2. The summed E-state index contributed by atoms with van der Waals surface area (Å²) in [5.74, 6) is 0.729. The topological polar surface area (TPSA) is 82.6 Å². The van der Waals surface area contributed by atoms with Crippen molar-refractivity contribution in [2.24, 2.45) is 0 Å². The van der Waals surface area contributed by atoms with Crippen LogP contribution in [0.25, 0.3) is 0 Å². The molecule has 180 valence electrons. The average Bonchev–Trinajstić information content (AvgIpc) is 2.87. The molecule has 1 heterocycles. The molecule has 34 heavy (non-hydrogen) atoms. The highest BCUT2D eigenvalue weighted by molar-refractivity contribution is 7.86. The van der Waals surface area contributed by atoms with Gasteiger partial charge in [0.25, 0.3) is 10.1 Å². The Bertz CT molecular complexity index is 1190. The number of carbonyl (C=O) groups is 1. The van der Waals surface area contributed by atoms with Crippen molar-refractivity contribution in [1.82, 2.24) is 4.98 Å². The van der Waals surface area contributed by atoms with Gasteiger partial charge in [-0.25, -0.2) is 0 Å². The highest BCUT2D eigenvalue weighted by Gasteiger charge is 2.36. The van der Waals surface area contributed by atoms with Crippen molar-refractivity contribution in [1.29, 1.82) is 0 Å². The second kappa shape index (κ2) is 11.4. The standard InChI is InChI=1S/C27H31NO5S/c1-4-27(5-2,23-9-6-10-25(19-23)32-3)33-34(30,31)26-15-12-21(13-16-26)18-24(29)14-11-22-8-7-17-28-20-22/h6-10,12-13,15-17,19-20H,4-5,11,14,18H2,1-3H3. The molecule has 0 bridgehead atoms. The van der Waals surface area contributed by atoms with Crippen LogP contribution in [-0.2, 0) is 37.5 Å². The van der Waals surface area contributed by atoms with Crippen molar-refractivity contribution >= 4 is 15.9 Å². The first-order chi connectivity index (χ1) is 16.3. The molecule has 7 heteroatoms. The van der Waals surface area contributed by atoms with E-state index in [1.165, 1.54) is 12.1 Å². The number of ether oxygens (including phenoxy) is 1. The summed E-state index contributed by atoms with van der Waals surface area (Å²) in [5.41, 5.74) is 1.52. The Balaban J connectivity index is 1.71. The zero-order chi connectivity index (χ0) is 24.6. The molecule has 0 aliphatic heterocycles. The van der Waals surface area contributed by atoms with Crippen LogP contribution in [-0.4, -0.2) is 26.3 Å². The Labute approximate surface area is 202 Å². The monoisotopic (exact) mass is 481 g/mol. The first-order valence-corrected chi connectivity index (χ1v) is 12.8. The van der Waals surface area contributed by atoms with Crippen molar-refractivity contribution in [3.8, 4) is 5.75 Å². The summed E-state index contributed by atoms with van der Waals surface area (Å²) in [7, 11) is -2.46. The van der Waals surface area contributed by atoms with E-state index in [2.05, 4.69) is 4.98 Å². The number of nitrogens with zero attached hydrogens (tertiary/aromatic N) is 1. The fraction of sp³-hybridized carbons (Fsp3) is 0.333. The lowest BCUT2D eigenvalue weighted by molar-refractivity contribution is -0.118. The first-order valence-electron chi connectivity index (χ1n) is 11.4. The number of pyridine rings is 1. The first kappa shape index (κ1) is 25.6. The minimum absolute atomic E-state index is 0.0632. The van der Waals surface area contributed by atoms with Gasteiger partial charge in [0.15, 0.2) is 0 Å². The minimum atomic E-state index is -4.03. The number of rotatable bonds is 12. The van der Waals surface area contributed by atoms with Crippen LogP contribution >= 0.6 is 0 Å². The molecule has 0 spiro atoms. The van der Waals surface area contributed by atoms with Crippen molar-refractivity contribution < 1.29 is 22.1 Å². The van der Waals surface area contributed by atoms with Crippen molar-refractivity contribution in [2.75, 3.05) is 7.11 Å². The largest absolute Gasteiger partial charge is 0.497 e. The second-order valence-corrected chi connectivity index (χ2v) is 9.74. The van der Waals surface area contributed by atoms with Gasteiger partial charge in [-0.05, 0) is 66.3 Å². The van der Waals surface area contributed by atoms with E-state index in [-0.39, 0.29) is 17.1 Å². The van der Waals surface area contributed by atoms with Crippen LogP contribution in [0.2, 0.25) is 0 Å². The molecule has 6 nitrogen and oxygen atoms in total. The third kappa shape index (κ3) is 6.30. The van der Waals surface area contributed by atoms with Crippen LogP contribution < -0.4 is 4.74 Å². The predicted molar refractivity (Wildman–Crippen MR) is 131 cm³/mol.